The Labute approximate surface area is 99.9 Å². The third-order valence-electron chi connectivity index (χ3n) is 2.50. The third-order valence-corrected chi connectivity index (χ3v) is 3.43. The van der Waals surface area contributed by atoms with Crippen molar-refractivity contribution in [3.05, 3.63) is 34.8 Å². The van der Waals surface area contributed by atoms with Crippen LogP contribution in [0.3, 0.4) is 0 Å². The summed E-state index contributed by atoms with van der Waals surface area (Å²) in [6, 6.07) is 6.21. The minimum absolute atomic E-state index is 0.900. The molecule has 0 N–H and O–H groups in total. The van der Waals surface area contributed by atoms with Gasteiger partial charge in [0.25, 0.3) is 0 Å². The topological polar surface area (TPSA) is 22.1 Å². The lowest BCUT2D eigenvalue weighted by Crippen LogP contribution is -1.89. The molecular weight excluding hydrogens is 218 g/mol. The molecule has 0 aliphatic rings. The van der Waals surface area contributed by atoms with E-state index in [9.17, 15) is 0 Å². The summed E-state index contributed by atoms with van der Waals surface area (Å²) in [6.45, 7) is 4.18. The van der Waals surface area contributed by atoms with Gasteiger partial charge >= 0.3 is 0 Å². The fourth-order valence-corrected chi connectivity index (χ4v) is 2.50. The van der Waals surface area contributed by atoms with Crippen molar-refractivity contribution in [1.29, 1.82) is 0 Å². The quantitative estimate of drug-likeness (QED) is 0.806. The summed E-state index contributed by atoms with van der Waals surface area (Å²) < 4.78 is 5.39. The minimum Gasteiger partial charge on any atom is -0.496 e. The van der Waals surface area contributed by atoms with Gasteiger partial charge in [-0.1, -0.05) is 13.0 Å². The van der Waals surface area contributed by atoms with E-state index in [1.54, 1.807) is 18.4 Å². The van der Waals surface area contributed by atoms with Crippen molar-refractivity contribution in [2.45, 2.75) is 20.3 Å². The van der Waals surface area contributed by atoms with Crippen LogP contribution in [0.1, 0.15) is 18.2 Å². The smallest absolute Gasteiger partial charge is 0.129 e. The van der Waals surface area contributed by atoms with Gasteiger partial charge in [0.05, 0.1) is 18.4 Å². The Morgan fingerprint density at radius 3 is 2.81 bits per heavy atom. The number of rotatable bonds is 3. The number of hydrogen-bond donors (Lipinski definition) is 0. The van der Waals surface area contributed by atoms with Crippen LogP contribution in [0.2, 0.25) is 0 Å². The Bertz CT molecular complexity index is 490. The summed E-state index contributed by atoms with van der Waals surface area (Å²) in [6.07, 6.45) is 0.977. The van der Waals surface area contributed by atoms with Crippen molar-refractivity contribution in [1.82, 2.24) is 4.98 Å². The largest absolute Gasteiger partial charge is 0.496 e. The van der Waals surface area contributed by atoms with Crippen LogP contribution in [0.15, 0.2) is 23.6 Å². The van der Waals surface area contributed by atoms with Gasteiger partial charge in [0.2, 0.25) is 0 Å². The van der Waals surface area contributed by atoms with Crippen LogP contribution >= 0.6 is 11.3 Å². The van der Waals surface area contributed by atoms with Gasteiger partial charge in [-0.3, -0.25) is 0 Å². The number of aromatic nitrogens is 1. The van der Waals surface area contributed by atoms with E-state index in [2.05, 4.69) is 36.3 Å². The first-order chi connectivity index (χ1) is 7.74. The van der Waals surface area contributed by atoms with Crippen molar-refractivity contribution in [2.24, 2.45) is 0 Å². The molecule has 0 atom stereocenters. The fraction of sp³-hybridized carbons (Fsp3) is 0.308. The summed E-state index contributed by atoms with van der Waals surface area (Å²) in [7, 11) is 1.70. The normalized spacial score (nSPS) is 10.4. The summed E-state index contributed by atoms with van der Waals surface area (Å²) >= 11 is 1.67. The van der Waals surface area contributed by atoms with Gasteiger partial charge in [0.15, 0.2) is 0 Å². The van der Waals surface area contributed by atoms with E-state index in [1.165, 1.54) is 5.56 Å². The van der Waals surface area contributed by atoms with Crippen molar-refractivity contribution >= 4 is 11.3 Å². The second kappa shape index (κ2) is 4.66. The van der Waals surface area contributed by atoms with E-state index in [4.69, 9.17) is 4.74 Å². The first-order valence-corrected chi connectivity index (χ1v) is 6.22. The molecule has 1 aromatic carbocycles. The molecule has 1 aromatic heterocycles. The molecule has 0 saturated heterocycles. The standard InChI is InChI=1S/C13H15NOS/c1-4-10-8-16-13(14-10)11-6-5-9(2)7-12(11)15-3/h5-8H,4H2,1-3H3. The fourth-order valence-electron chi connectivity index (χ4n) is 1.57. The van der Waals surface area contributed by atoms with Gasteiger partial charge < -0.3 is 4.74 Å². The summed E-state index contributed by atoms with van der Waals surface area (Å²) in [5.74, 6) is 0.900. The molecule has 0 saturated carbocycles. The number of aryl methyl sites for hydroxylation is 2. The summed E-state index contributed by atoms with van der Waals surface area (Å²) in [5.41, 5.74) is 3.42. The van der Waals surface area contributed by atoms with E-state index >= 15 is 0 Å². The van der Waals surface area contributed by atoms with Gasteiger partial charge in [-0.25, -0.2) is 4.98 Å². The molecule has 2 nitrogen and oxygen atoms in total. The van der Waals surface area contributed by atoms with Crippen molar-refractivity contribution in [3.8, 4) is 16.3 Å². The molecule has 0 spiro atoms. The van der Waals surface area contributed by atoms with Crippen LogP contribution in [-0.4, -0.2) is 12.1 Å². The van der Waals surface area contributed by atoms with Gasteiger partial charge in [-0.2, -0.15) is 0 Å². The molecular formula is C13H15NOS. The lowest BCUT2D eigenvalue weighted by molar-refractivity contribution is 0.416. The number of benzene rings is 1. The Balaban J connectivity index is 2.46. The summed E-state index contributed by atoms with van der Waals surface area (Å²) in [5, 5.41) is 3.14. The van der Waals surface area contributed by atoms with Crippen molar-refractivity contribution in [2.75, 3.05) is 7.11 Å². The average molecular weight is 233 g/mol. The Hall–Kier alpha value is -1.35. The maximum Gasteiger partial charge on any atom is 0.129 e. The summed E-state index contributed by atoms with van der Waals surface area (Å²) in [4.78, 5) is 4.58. The predicted octanol–water partition coefficient (Wildman–Crippen LogP) is 3.69. The Morgan fingerprint density at radius 2 is 2.19 bits per heavy atom. The van der Waals surface area contributed by atoms with Crippen LogP contribution in [-0.2, 0) is 6.42 Å². The molecule has 84 valence electrons. The molecule has 0 radical (unpaired) electrons. The Morgan fingerprint density at radius 1 is 1.38 bits per heavy atom. The van der Waals surface area contributed by atoms with Crippen LogP contribution in [0.4, 0.5) is 0 Å². The zero-order valence-corrected chi connectivity index (χ0v) is 10.6. The van der Waals surface area contributed by atoms with Gasteiger partial charge in [0.1, 0.15) is 10.8 Å². The molecule has 2 aromatic rings. The molecule has 0 aliphatic heterocycles. The number of thiazole rings is 1. The van der Waals surface area contributed by atoms with Gasteiger partial charge in [-0.15, -0.1) is 11.3 Å². The molecule has 0 aliphatic carbocycles. The second-order valence-electron chi connectivity index (χ2n) is 3.70. The first kappa shape index (κ1) is 11.1. The third kappa shape index (κ3) is 2.09. The highest BCUT2D eigenvalue weighted by molar-refractivity contribution is 7.13. The monoisotopic (exact) mass is 233 g/mol. The maximum atomic E-state index is 5.39. The Kier molecular flexibility index (Phi) is 3.25. The highest BCUT2D eigenvalue weighted by atomic mass is 32.1. The molecule has 0 unspecified atom stereocenters. The van der Waals surface area contributed by atoms with Crippen LogP contribution in [0, 0.1) is 6.92 Å². The number of ether oxygens (including phenoxy) is 1. The molecule has 0 bridgehead atoms. The lowest BCUT2D eigenvalue weighted by Gasteiger charge is -2.06. The zero-order chi connectivity index (χ0) is 11.5. The lowest BCUT2D eigenvalue weighted by atomic mass is 10.1. The predicted molar refractivity (Wildman–Crippen MR) is 68.2 cm³/mol. The van der Waals surface area contributed by atoms with E-state index in [1.807, 2.05) is 6.07 Å². The van der Waals surface area contributed by atoms with E-state index in [0.29, 0.717) is 0 Å². The number of methoxy groups -OCH3 is 1. The number of nitrogens with zero attached hydrogens (tertiary/aromatic N) is 1. The average Bonchev–Trinajstić information content (AvgIpc) is 2.77. The van der Waals surface area contributed by atoms with E-state index < -0.39 is 0 Å². The van der Waals surface area contributed by atoms with Crippen molar-refractivity contribution in [3.63, 3.8) is 0 Å². The molecule has 1 heterocycles. The maximum absolute atomic E-state index is 5.39. The SMILES string of the molecule is CCc1csc(-c2ccc(C)cc2OC)n1. The highest BCUT2D eigenvalue weighted by Crippen LogP contribution is 2.32. The second-order valence-corrected chi connectivity index (χ2v) is 4.56. The molecule has 16 heavy (non-hydrogen) atoms. The van der Waals surface area contributed by atoms with Crippen molar-refractivity contribution < 1.29 is 4.74 Å². The van der Waals surface area contributed by atoms with Gasteiger partial charge in [0, 0.05) is 5.38 Å². The molecule has 0 amide bonds. The minimum atomic E-state index is 0.900. The van der Waals surface area contributed by atoms with Crippen LogP contribution < -0.4 is 4.74 Å². The van der Waals surface area contributed by atoms with Gasteiger partial charge in [-0.05, 0) is 31.0 Å². The van der Waals surface area contributed by atoms with Crippen LogP contribution in [0.5, 0.6) is 5.75 Å². The van der Waals surface area contributed by atoms with E-state index in [-0.39, 0.29) is 0 Å². The highest BCUT2D eigenvalue weighted by Gasteiger charge is 2.09. The number of hydrogen-bond acceptors (Lipinski definition) is 3. The zero-order valence-electron chi connectivity index (χ0n) is 9.78. The first-order valence-electron chi connectivity index (χ1n) is 5.34. The van der Waals surface area contributed by atoms with Crippen LogP contribution in [0.25, 0.3) is 10.6 Å². The van der Waals surface area contributed by atoms with E-state index in [0.717, 1.165) is 28.4 Å². The molecule has 3 heteroatoms. The molecule has 0 fully saturated rings. The molecule has 2 rings (SSSR count).